The van der Waals surface area contributed by atoms with Gasteiger partial charge in [-0.05, 0) is 36.8 Å². The molecule has 2 fully saturated rings. The summed E-state index contributed by atoms with van der Waals surface area (Å²) in [6.45, 7) is 6.40. The molecule has 2 heterocycles. The first-order valence-electron chi connectivity index (χ1n) is 10.4. The third kappa shape index (κ3) is 4.91. The summed E-state index contributed by atoms with van der Waals surface area (Å²) in [5.41, 5.74) is 0.730. The maximum atomic E-state index is 12.8. The molecule has 152 valence electrons. The van der Waals surface area contributed by atoms with Gasteiger partial charge in [0, 0.05) is 51.1 Å². The van der Waals surface area contributed by atoms with Crippen LogP contribution >= 0.6 is 0 Å². The number of likely N-dealkylation sites (tertiary alicyclic amines) is 2. The molecule has 3 amide bonds. The van der Waals surface area contributed by atoms with Gasteiger partial charge in [0.25, 0.3) is 5.91 Å². The predicted octanol–water partition coefficient (Wildman–Crippen LogP) is 2.30. The molecule has 0 aromatic heterocycles. The highest BCUT2D eigenvalue weighted by atomic mass is 16.2. The summed E-state index contributed by atoms with van der Waals surface area (Å²) < 4.78 is 0. The molecule has 0 unspecified atom stereocenters. The maximum Gasteiger partial charge on any atom is 0.253 e. The number of carbonyl (C=O) groups is 3. The molecule has 2 saturated heterocycles. The number of amides is 3. The van der Waals surface area contributed by atoms with Crippen molar-refractivity contribution in [3.8, 4) is 0 Å². The largest absolute Gasteiger partial charge is 0.352 e. The van der Waals surface area contributed by atoms with E-state index in [1.807, 2.05) is 40.1 Å². The third-order valence-electron chi connectivity index (χ3n) is 6.11. The van der Waals surface area contributed by atoms with Crippen LogP contribution in [0.5, 0.6) is 0 Å². The van der Waals surface area contributed by atoms with Crippen LogP contribution < -0.4 is 5.32 Å². The van der Waals surface area contributed by atoms with Crippen LogP contribution in [0, 0.1) is 11.8 Å². The van der Waals surface area contributed by atoms with Crippen molar-refractivity contribution in [1.82, 2.24) is 15.1 Å². The monoisotopic (exact) mass is 385 g/mol. The zero-order valence-corrected chi connectivity index (χ0v) is 16.9. The summed E-state index contributed by atoms with van der Waals surface area (Å²) in [6, 6.07) is 9.49. The average Bonchev–Trinajstić information content (AvgIpc) is 3.16. The van der Waals surface area contributed by atoms with Gasteiger partial charge in [-0.2, -0.15) is 0 Å². The highest BCUT2D eigenvalue weighted by molar-refractivity contribution is 5.94. The van der Waals surface area contributed by atoms with Gasteiger partial charge in [-0.15, -0.1) is 0 Å². The SMILES string of the molecule is CC[C@H]1CN(C(=O)c2ccccc2)CC[C@H]1CC(=O)N1CC[C@@H](NC(C)=O)C1. The Hall–Kier alpha value is -2.37. The van der Waals surface area contributed by atoms with Crippen molar-refractivity contribution in [2.75, 3.05) is 26.2 Å². The Balaban J connectivity index is 1.54. The van der Waals surface area contributed by atoms with Gasteiger partial charge in [-0.1, -0.05) is 31.5 Å². The first-order chi connectivity index (χ1) is 13.5. The fourth-order valence-corrected chi connectivity index (χ4v) is 4.51. The van der Waals surface area contributed by atoms with Crippen molar-refractivity contribution in [1.29, 1.82) is 0 Å². The van der Waals surface area contributed by atoms with E-state index in [1.165, 1.54) is 6.92 Å². The Morgan fingerprint density at radius 2 is 1.71 bits per heavy atom. The zero-order valence-electron chi connectivity index (χ0n) is 16.9. The van der Waals surface area contributed by atoms with Crippen LogP contribution in [0.25, 0.3) is 0 Å². The summed E-state index contributed by atoms with van der Waals surface area (Å²) in [5.74, 6) is 0.887. The minimum Gasteiger partial charge on any atom is -0.352 e. The van der Waals surface area contributed by atoms with E-state index in [0.29, 0.717) is 37.9 Å². The normalized spacial score (nSPS) is 24.9. The van der Waals surface area contributed by atoms with Crippen LogP contribution in [-0.2, 0) is 9.59 Å². The lowest BCUT2D eigenvalue weighted by atomic mass is 9.81. The molecule has 0 spiro atoms. The summed E-state index contributed by atoms with van der Waals surface area (Å²) in [6.07, 6.45) is 3.20. The van der Waals surface area contributed by atoms with Crippen molar-refractivity contribution in [2.45, 2.75) is 45.6 Å². The molecule has 0 aliphatic carbocycles. The average molecular weight is 386 g/mol. The van der Waals surface area contributed by atoms with Crippen LogP contribution in [0.2, 0.25) is 0 Å². The van der Waals surface area contributed by atoms with Crippen LogP contribution in [0.15, 0.2) is 30.3 Å². The number of hydrogen-bond acceptors (Lipinski definition) is 3. The van der Waals surface area contributed by atoms with Gasteiger partial charge in [0.15, 0.2) is 0 Å². The minimum atomic E-state index is -0.0409. The third-order valence-corrected chi connectivity index (χ3v) is 6.11. The molecule has 6 nitrogen and oxygen atoms in total. The summed E-state index contributed by atoms with van der Waals surface area (Å²) in [5, 5.41) is 2.91. The van der Waals surface area contributed by atoms with Crippen molar-refractivity contribution in [3.63, 3.8) is 0 Å². The first-order valence-corrected chi connectivity index (χ1v) is 10.4. The van der Waals surface area contributed by atoms with Gasteiger partial charge in [-0.25, -0.2) is 0 Å². The summed E-state index contributed by atoms with van der Waals surface area (Å²) in [7, 11) is 0. The van der Waals surface area contributed by atoms with Crippen LogP contribution in [0.4, 0.5) is 0 Å². The van der Waals surface area contributed by atoms with Crippen LogP contribution in [0.3, 0.4) is 0 Å². The Morgan fingerprint density at radius 3 is 2.39 bits per heavy atom. The molecule has 0 saturated carbocycles. The quantitative estimate of drug-likeness (QED) is 0.846. The number of nitrogens with zero attached hydrogens (tertiary/aromatic N) is 2. The van der Waals surface area contributed by atoms with Crippen molar-refractivity contribution in [3.05, 3.63) is 35.9 Å². The molecule has 1 aromatic carbocycles. The molecule has 1 aromatic rings. The molecule has 3 atom stereocenters. The first kappa shape index (κ1) is 20.4. The molecular formula is C22H31N3O3. The lowest BCUT2D eigenvalue weighted by molar-refractivity contribution is -0.132. The van der Waals surface area contributed by atoms with Crippen LogP contribution in [0.1, 0.15) is 49.9 Å². The lowest BCUT2D eigenvalue weighted by Gasteiger charge is -2.38. The fourth-order valence-electron chi connectivity index (χ4n) is 4.51. The Labute approximate surface area is 167 Å². The molecular weight excluding hydrogens is 354 g/mol. The van der Waals surface area contributed by atoms with E-state index in [4.69, 9.17) is 0 Å². The van der Waals surface area contributed by atoms with Crippen molar-refractivity contribution >= 4 is 17.7 Å². The maximum absolute atomic E-state index is 12.8. The minimum absolute atomic E-state index is 0.0409. The van der Waals surface area contributed by atoms with Crippen LogP contribution in [-0.4, -0.2) is 59.7 Å². The second-order valence-corrected chi connectivity index (χ2v) is 8.06. The molecule has 2 aliphatic heterocycles. The Morgan fingerprint density at radius 1 is 1.00 bits per heavy atom. The van der Waals surface area contributed by atoms with E-state index in [2.05, 4.69) is 12.2 Å². The molecule has 0 radical (unpaired) electrons. The zero-order chi connectivity index (χ0) is 20.1. The molecule has 0 bridgehead atoms. The van der Waals surface area contributed by atoms with Crippen molar-refractivity contribution < 1.29 is 14.4 Å². The van der Waals surface area contributed by atoms with Gasteiger partial charge in [0.05, 0.1) is 0 Å². The van der Waals surface area contributed by atoms with Gasteiger partial charge in [-0.3, -0.25) is 14.4 Å². The smallest absolute Gasteiger partial charge is 0.253 e. The molecule has 3 rings (SSSR count). The van der Waals surface area contributed by atoms with E-state index >= 15 is 0 Å². The van der Waals surface area contributed by atoms with E-state index in [9.17, 15) is 14.4 Å². The number of hydrogen-bond donors (Lipinski definition) is 1. The Kier molecular flexibility index (Phi) is 6.70. The molecule has 2 aliphatic rings. The lowest BCUT2D eigenvalue weighted by Crippen LogP contribution is -2.45. The molecule has 1 N–H and O–H groups in total. The number of nitrogens with one attached hydrogen (secondary N) is 1. The van der Waals surface area contributed by atoms with E-state index in [-0.39, 0.29) is 23.8 Å². The van der Waals surface area contributed by atoms with E-state index in [0.717, 1.165) is 31.4 Å². The van der Waals surface area contributed by atoms with Gasteiger partial charge in [0.2, 0.25) is 11.8 Å². The summed E-state index contributed by atoms with van der Waals surface area (Å²) in [4.78, 5) is 40.6. The highest BCUT2D eigenvalue weighted by Crippen LogP contribution is 2.30. The van der Waals surface area contributed by atoms with Crippen molar-refractivity contribution in [2.24, 2.45) is 11.8 Å². The number of benzene rings is 1. The highest BCUT2D eigenvalue weighted by Gasteiger charge is 2.34. The van der Waals surface area contributed by atoms with E-state index in [1.54, 1.807) is 0 Å². The number of rotatable bonds is 5. The van der Waals surface area contributed by atoms with Gasteiger partial charge < -0.3 is 15.1 Å². The van der Waals surface area contributed by atoms with E-state index < -0.39 is 0 Å². The second-order valence-electron chi connectivity index (χ2n) is 8.06. The standard InChI is InChI=1S/C22H31N3O3/c1-3-17-14-25(22(28)18-7-5-4-6-8-18)11-9-19(17)13-21(27)24-12-10-20(15-24)23-16(2)26/h4-8,17,19-20H,3,9-15H2,1-2H3,(H,23,26)/t17-,19-,20+/m0/s1. The number of piperidine rings is 1. The number of carbonyl (C=O) groups excluding carboxylic acids is 3. The predicted molar refractivity (Wildman–Crippen MR) is 108 cm³/mol. The second kappa shape index (κ2) is 9.22. The fraction of sp³-hybridized carbons (Fsp3) is 0.591. The van der Waals surface area contributed by atoms with Gasteiger partial charge >= 0.3 is 0 Å². The molecule has 6 heteroatoms. The topological polar surface area (TPSA) is 69.7 Å². The summed E-state index contributed by atoms with van der Waals surface area (Å²) >= 11 is 0. The van der Waals surface area contributed by atoms with Gasteiger partial charge in [0.1, 0.15) is 0 Å². The molecule has 28 heavy (non-hydrogen) atoms. The Bertz CT molecular complexity index is 706.